The number of amides is 1. The Kier molecular flexibility index (Phi) is 4.57. The van der Waals surface area contributed by atoms with E-state index in [0.717, 1.165) is 5.56 Å². The smallest absolute Gasteiger partial charge is 0.411 e. The molecule has 1 aromatic rings. The maximum absolute atomic E-state index is 12.1. The minimum Gasteiger partial charge on any atom is -0.480 e. The SMILES string of the molecule is C[C@H]1COC[C@@H](C(=O)O)N1C(=O)OCc1ccccc1. The van der Waals surface area contributed by atoms with Crippen LogP contribution in [0.15, 0.2) is 30.3 Å². The first-order valence-corrected chi connectivity index (χ1v) is 6.39. The fourth-order valence-corrected chi connectivity index (χ4v) is 2.11. The predicted molar refractivity (Wildman–Crippen MR) is 70.2 cm³/mol. The van der Waals surface area contributed by atoms with Gasteiger partial charge in [-0.15, -0.1) is 0 Å². The average molecular weight is 279 g/mol. The van der Waals surface area contributed by atoms with Crippen LogP contribution in [0.2, 0.25) is 0 Å². The molecular formula is C14H17NO5. The van der Waals surface area contributed by atoms with Crippen molar-refractivity contribution in [3.8, 4) is 0 Å². The lowest BCUT2D eigenvalue weighted by atomic mass is 10.1. The number of carboxylic acids is 1. The van der Waals surface area contributed by atoms with Crippen LogP contribution in [-0.4, -0.2) is 47.4 Å². The maximum atomic E-state index is 12.1. The molecule has 1 heterocycles. The van der Waals surface area contributed by atoms with Crippen LogP contribution in [0, 0.1) is 0 Å². The summed E-state index contributed by atoms with van der Waals surface area (Å²) in [7, 11) is 0. The Balaban J connectivity index is 2.00. The Morgan fingerprint density at radius 3 is 2.70 bits per heavy atom. The molecule has 0 aliphatic carbocycles. The third-order valence-electron chi connectivity index (χ3n) is 3.15. The van der Waals surface area contributed by atoms with Gasteiger partial charge in [-0.1, -0.05) is 30.3 Å². The highest BCUT2D eigenvalue weighted by Crippen LogP contribution is 2.16. The monoisotopic (exact) mass is 279 g/mol. The standard InChI is InChI=1S/C14H17NO5/c1-10-7-19-9-12(13(16)17)15(10)14(18)20-8-11-5-3-2-4-6-11/h2-6,10,12H,7-9H2,1H3,(H,16,17)/t10-,12-/m0/s1. The van der Waals surface area contributed by atoms with Crippen LogP contribution in [-0.2, 0) is 20.9 Å². The van der Waals surface area contributed by atoms with Gasteiger partial charge in [-0.25, -0.2) is 9.59 Å². The molecule has 108 valence electrons. The first-order valence-electron chi connectivity index (χ1n) is 6.39. The van der Waals surface area contributed by atoms with Gasteiger partial charge in [-0.3, -0.25) is 4.90 Å². The molecule has 1 N–H and O–H groups in total. The van der Waals surface area contributed by atoms with Crippen LogP contribution >= 0.6 is 0 Å². The number of carboxylic acid groups (broad SMARTS) is 1. The molecule has 1 amide bonds. The Morgan fingerprint density at radius 1 is 1.35 bits per heavy atom. The lowest BCUT2D eigenvalue weighted by molar-refractivity contribution is -0.151. The summed E-state index contributed by atoms with van der Waals surface area (Å²) >= 11 is 0. The van der Waals surface area contributed by atoms with Gasteiger partial charge in [0.2, 0.25) is 0 Å². The molecule has 2 rings (SSSR count). The summed E-state index contributed by atoms with van der Waals surface area (Å²) in [5.41, 5.74) is 0.855. The van der Waals surface area contributed by atoms with Gasteiger partial charge < -0.3 is 14.6 Å². The number of hydrogen-bond acceptors (Lipinski definition) is 4. The zero-order chi connectivity index (χ0) is 14.5. The van der Waals surface area contributed by atoms with Gasteiger partial charge in [0.15, 0.2) is 6.04 Å². The van der Waals surface area contributed by atoms with E-state index in [9.17, 15) is 9.59 Å². The van der Waals surface area contributed by atoms with Crippen molar-refractivity contribution in [3.05, 3.63) is 35.9 Å². The summed E-state index contributed by atoms with van der Waals surface area (Å²) < 4.78 is 10.4. The second kappa shape index (κ2) is 6.38. The first-order chi connectivity index (χ1) is 9.59. The second-order valence-electron chi connectivity index (χ2n) is 4.69. The van der Waals surface area contributed by atoms with Gasteiger partial charge in [0.1, 0.15) is 6.61 Å². The summed E-state index contributed by atoms with van der Waals surface area (Å²) in [6.45, 7) is 2.15. The lowest BCUT2D eigenvalue weighted by Gasteiger charge is -2.37. The van der Waals surface area contributed by atoms with Crippen LogP contribution in [0.4, 0.5) is 4.79 Å². The van der Waals surface area contributed by atoms with Crippen LogP contribution in [0.1, 0.15) is 12.5 Å². The van der Waals surface area contributed by atoms with Gasteiger partial charge >= 0.3 is 12.1 Å². The van der Waals surface area contributed by atoms with Gasteiger partial charge in [-0.2, -0.15) is 0 Å². The summed E-state index contributed by atoms with van der Waals surface area (Å²) in [4.78, 5) is 24.5. The Hall–Kier alpha value is -2.08. The molecule has 0 spiro atoms. The van der Waals surface area contributed by atoms with Gasteiger partial charge in [0.05, 0.1) is 19.3 Å². The Labute approximate surface area is 116 Å². The second-order valence-corrected chi connectivity index (χ2v) is 4.69. The molecule has 1 aromatic carbocycles. The van der Waals surface area contributed by atoms with Crippen molar-refractivity contribution < 1.29 is 24.2 Å². The summed E-state index contributed by atoms with van der Waals surface area (Å²) in [6.07, 6.45) is -0.628. The molecule has 6 heteroatoms. The summed E-state index contributed by atoms with van der Waals surface area (Å²) in [5, 5.41) is 9.13. The van der Waals surface area contributed by atoms with Crippen molar-refractivity contribution in [2.24, 2.45) is 0 Å². The van der Waals surface area contributed by atoms with Crippen LogP contribution in [0.25, 0.3) is 0 Å². The molecule has 1 fully saturated rings. The number of nitrogens with zero attached hydrogens (tertiary/aromatic N) is 1. The van der Waals surface area contributed by atoms with E-state index in [-0.39, 0.29) is 19.3 Å². The van der Waals surface area contributed by atoms with E-state index >= 15 is 0 Å². The topological polar surface area (TPSA) is 76.1 Å². The largest absolute Gasteiger partial charge is 0.480 e. The number of carbonyl (C=O) groups is 2. The molecule has 0 radical (unpaired) electrons. The highest BCUT2D eigenvalue weighted by molar-refractivity contribution is 5.80. The third-order valence-corrected chi connectivity index (χ3v) is 3.15. The van der Waals surface area contributed by atoms with Crippen molar-refractivity contribution in [1.29, 1.82) is 0 Å². The fourth-order valence-electron chi connectivity index (χ4n) is 2.11. The van der Waals surface area contributed by atoms with E-state index in [0.29, 0.717) is 6.61 Å². The normalized spacial score (nSPS) is 22.4. The zero-order valence-corrected chi connectivity index (χ0v) is 11.2. The van der Waals surface area contributed by atoms with E-state index < -0.39 is 18.1 Å². The van der Waals surface area contributed by atoms with Crippen molar-refractivity contribution in [1.82, 2.24) is 4.90 Å². The molecule has 1 saturated heterocycles. The molecule has 2 atom stereocenters. The van der Waals surface area contributed by atoms with Gasteiger partial charge in [0.25, 0.3) is 0 Å². The summed E-state index contributed by atoms with van der Waals surface area (Å²) in [6, 6.07) is 7.92. The van der Waals surface area contributed by atoms with Gasteiger partial charge in [0, 0.05) is 0 Å². The molecule has 0 bridgehead atoms. The molecule has 1 aliphatic rings. The highest BCUT2D eigenvalue weighted by atomic mass is 16.6. The molecule has 0 saturated carbocycles. The van der Waals surface area contributed by atoms with Crippen LogP contribution < -0.4 is 0 Å². The summed E-state index contributed by atoms with van der Waals surface area (Å²) in [5.74, 6) is -1.09. The molecule has 0 aromatic heterocycles. The molecule has 1 aliphatic heterocycles. The van der Waals surface area contributed by atoms with E-state index in [1.54, 1.807) is 6.92 Å². The van der Waals surface area contributed by atoms with Crippen molar-refractivity contribution in [2.45, 2.75) is 25.6 Å². The predicted octanol–water partition coefficient (Wildman–Crippen LogP) is 1.50. The molecular weight excluding hydrogens is 262 g/mol. The number of ether oxygens (including phenoxy) is 2. The van der Waals surface area contributed by atoms with E-state index in [2.05, 4.69) is 0 Å². The fraction of sp³-hybridized carbons (Fsp3) is 0.429. The quantitative estimate of drug-likeness (QED) is 0.907. The minimum atomic E-state index is -1.09. The highest BCUT2D eigenvalue weighted by Gasteiger charge is 2.38. The number of benzene rings is 1. The Morgan fingerprint density at radius 2 is 2.05 bits per heavy atom. The van der Waals surface area contributed by atoms with Crippen LogP contribution in [0.3, 0.4) is 0 Å². The van der Waals surface area contributed by atoms with Crippen LogP contribution in [0.5, 0.6) is 0 Å². The lowest BCUT2D eigenvalue weighted by Crippen LogP contribution is -2.57. The van der Waals surface area contributed by atoms with Gasteiger partial charge in [-0.05, 0) is 12.5 Å². The number of rotatable bonds is 3. The van der Waals surface area contributed by atoms with Crippen molar-refractivity contribution in [3.63, 3.8) is 0 Å². The first kappa shape index (κ1) is 14.3. The van der Waals surface area contributed by atoms with E-state index in [1.807, 2.05) is 30.3 Å². The molecule has 6 nitrogen and oxygen atoms in total. The minimum absolute atomic E-state index is 0.0138. The molecule has 0 unspecified atom stereocenters. The third kappa shape index (κ3) is 3.27. The van der Waals surface area contributed by atoms with Crippen molar-refractivity contribution in [2.75, 3.05) is 13.2 Å². The Bertz CT molecular complexity index is 476. The molecule has 20 heavy (non-hydrogen) atoms. The number of aliphatic carboxylic acids is 1. The zero-order valence-electron chi connectivity index (χ0n) is 11.2. The average Bonchev–Trinajstić information content (AvgIpc) is 2.45. The number of morpholine rings is 1. The number of hydrogen-bond donors (Lipinski definition) is 1. The van der Waals surface area contributed by atoms with E-state index in [4.69, 9.17) is 14.6 Å². The number of carbonyl (C=O) groups excluding carboxylic acids is 1. The maximum Gasteiger partial charge on any atom is 0.411 e. The van der Waals surface area contributed by atoms with Crippen molar-refractivity contribution >= 4 is 12.1 Å². The van der Waals surface area contributed by atoms with E-state index in [1.165, 1.54) is 4.90 Å².